The van der Waals surface area contributed by atoms with Crippen LogP contribution < -0.4 is 5.32 Å². The molecule has 0 aromatic carbocycles. The number of rotatable bonds is 5. The smallest absolute Gasteiger partial charge is 0.0826 e. The van der Waals surface area contributed by atoms with Gasteiger partial charge in [0.2, 0.25) is 0 Å². The number of pyridine rings is 1. The summed E-state index contributed by atoms with van der Waals surface area (Å²) < 4.78 is 5.80. The third-order valence-electron chi connectivity index (χ3n) is 3.57. The van der Waals surface area contributed by atoms with Crippen LogP contribution in [0.3, 0.4) is 0 Å². The molecule has 1 aliphatic rings. The van der Waals surface area contributed by atoms with Crippen molar-refractivity contribution in [2.75, 3.05) is 26.2 Å². The van der Waals surface area contributed by atoms with E-state index in [9.17, 15) is 0 Å². The SMILES string of the molecule is Cc1ccc(CNCC2CN(C(C)C)CCO2)cn1. The minimum Gasteiger partial charge on any atom is -0.374 e. The summed E-state index contributed by atoms with van der Waals surface area (Å²) in [5, 5.41) is 3.46. The fourth-order valence-electron chi connectivity index (χ4n) is 2.32. The summed E-state index contributed by atoms with van der Waals surface area (Å²) >= 11 is 0. The molecule has 0 bridgehead atoms. The van der Waals surface area contributed by atoms with Gasteiger partial charge in [-0.1, -0.05) is 6.07 Å². The molecule has 0 saturated carbocycles. The van der Waals surface area contributed by atoms with E-state index in [-0.39, 0.29) is 0 Å². The normalized spacial score (nSPS) is 20.9. The molecule has 106 valence electrons. The lowest BCUT2D eigenvalue weighted by Gasteiger charge is -2.35. The number of hydrogen-bond acceptors (Lipinski definition) is 4. The lowest BCUT2D eigenvalue weighted by atomic mass is 10.2. The fraction of sp³-hybridized carbons (Fsp3) is 0.667. The maximum absolute atomic E-state index is 5.80. The molecule has 0 spiro atoms. The zero-order chi connectivity index (χ0) is 13.7. The minimum absolute atomic E-state index is 0.301. The standard InChI is InChI=1S/C15H25N3O/c1-12(2)18-6-7-19-15(11-18)10-16-8-14-5-4-13(3)17-9-14/h4-5,9,12,15-16H,6-8,10-11H2,1-3H3. The Morgan fingerprint density at radius 1 is 1.47 bits per heavy atom. The zero-order valence-corrected chi connectivity index (χ0v) is 12.2. The van der Waals surface area contributed by atoms with Gasteiger partial charge in [0.25, 0.3) is 0 Å². The number of ether oxygens (including phenoxy) is 1. The molecule has 2 rings (SSSR count). The van der Waals surface area contributed by atoms with E-state index in [2.05, 4.69) is 41.2 Å². The number of nitrogens with zero attached hydrogens (tertiary/aromatic N) is 2. The predicted molar refractivity (Wildman–Crippen MR) is 77.1 cm³/mol. The van der Waals surface area contributed by atoms with Crippen LogP contribution in [-0.4, -0.2) is 48.3 Å². The molecule has 19 heavy (non-hydrogen) atoms. The molecule has 0 aliphatic carbocycles. The van der Waals surface area contributed by atoms with Crippen molar-refractivity contribution in [1.82, 2.24) is 15.2 Å². The predicted octanol–water partition coefficient (Wildman–Crippen LogP) is 1.59. The first-order valence-electron chi connectivity index (χ1n) is 7.13. The number of hydrogen-bond donors (Lipinski definition) is 1. The maximum atomic E-state index is 5.80. The Morgan fingerprint density at radius 3 is 3.00 bits per heavy atom. The van der Waals surface area contributed by atoms with Gasteiger partial charge >= 0.3 is 0 Å². The van der Waals surface area contributed by atoms with Crippen LogP contribution in [0.25, 0.3) is 0 Å². The third kappa shape index (κ3) is 4.56. The van der Waals surface area contributed by atoms with Crippen molar-refractivity contribution in [3.63, 3.8) is 0 Å². The van der Waals surface area contributed by atoms with Crippen LogP contribution in [0.15, 0.2) is 18.3 Å². The van der Waals surface area contributed by atoms with Gasteiger partial charge < -0.3 is 10.1 Å². The largest absolute Gasteiger partial charge is 0.374 e. The topological polar surface area (TPSA) is 37.4 Å². The molecule has 0 amide bonds. The first-order chi connectivity index (χ1) is 9.15. The average molecular weight is 263 g/mol. The lowest BCUT2D eigenvalue weighted by Crippen LogP contribution is -2.48. The van der Waals surface area contributed by atoms with E-state index in [0.29, 0.717) is 12.1 Å². The molecule has 4 heteroatoms. The summed E-state index contributed by atoms with van der Waals surface area (Å²) in [5.41, 5.74) is 2.29. The molecular formula is C15H25N3O. The van der Waals surface area contributed by atoms with Crippen LogP contribution in [0.2, 0.25) is 0 Å². The molecule has 1 aromatic heterocycles. The highest BCUT2D eigenvalue weighted by Gasteiger charge is 2.21. The van der Waals surface area contributed by atoms with E-state index in [4.69, 9.17) is 4.74 Å². The molecule has 2 heterocycles. The van der Waals surface area contributed by atoms with Gasteiger partial charge in [0.05, 0.1) is 12.7 Å². The summed E-state index contributed by atoms with van der Waals surface area (Å²) in [6.45, 7) is 11.2. The molecule has 1 fully saturated rings. The summed E-state index contributed by atoms with van der Waals surface area (Å²) in [4.78, 5) is 6.78. The first-order valence-corrected chi connectivity index (χ1v) is 7.13. The number of aromatic nitrogens is 1. The van der Waals surface area contributed by atoms with Crippen LogP contribution in [0.1, 0.15) is 25.1 Å². The molecule has 0 radical (unpaired) electrons. The van der Waals surface area contributed by atoms with Crippen molar-refractivity contribution >= 4 is 0 Å². The second-order valence-corrected chi connectivity index (χ2v) is 5.52. The first kappa shape index (κ1) is 14.4. The summed E-state index contributed by atoms with van der Waals surface area (Å²) in [6.07, 6.45) is 2.24. The molecule has 1 aromatic rings. The minimum atomic E-state index is 0.301. The van der Waals surface area contributed by atoms with E-state index in [1.807, 2.05) is 13.1 Å². The average Bonchev–Trinajstić information content (AvgIpc) is 2.41. The quantitative estimate of drug-likeness (QED) is 0.875. The van der Waals surface area contributed by atoms with Crippen LogP contribution in [-0.2, 0) is 11.3 Å². The summed E-state index contributed by atoms with van der Waals surface area (Å²) in [5.74, 6) is 0. The highest BCUT2D eigenvalue weighted by atomic mass is 16.5. The molecule has 1 aliphatic heterocycles. The van der Waals surface area contributed by atoms with E-state index >= 15 is 0 Å². The van der Waals surface area contributed by atoms with Crippen LogP contribution in [0, 0.1) is 6.92 Å². The third-order valence-corrected chi connectivity index (χ3v) is 3.57. The van der Waals surface area contributed by atoms with E-state index in [1.165, 1.54) is 5.56 Å². The van der Waals surface area contributed by atoms with Gasteiger partial charge in [0.15, 0.2) is 0 Å². The van der Waals surface area contributed by atoms with E-state index in [0.717, 1.165) is 38.5 Å². The van der Waals surface area contributed by atoms with Gasteiger partial charge in [-0.25, -0.2) is 0 Å². The lowest BCUT2D eigenvalue weighted by molar-refractivity contribution is -0.0372. The van der Waals surface area contributed by atoms with Crippen LogP contribution in [0.5, 0.6) is 0 Å². The number of aryl methyl sites for hydroxylation is 1. The fourth-order valence-corrected chi connectivity index (χ4v) is 2.32. The van der Waals surface area contributed by atoms with Gasteiger partial charge in [-0.3, -0.25) is 9.88 Å². The van der Waals surface area contributed by atoms with Gasteiger partial charge in [0.1, 0.15) is 0 Å². The Kier molecular flexibility index (Phi) is 5.31. The van der Waals surface area contributed by atoms with Crippen LogP contribution in [0.4, 0.5) is 0 Å². The maximum Gasteiger partial charge on any atom is 0.0826 e. The summed E-state index contributed by atoms with van der Waals surface area (Å²) in [6, 6.07) is 4.78. The number of morpholine rings is 1. The Bertz CT molecular complexity index is 377. The highest BCUT2D eigenvalue weighted by Crippen LogP contribution is 2.08. The van der Waals surface area contributed by atoms with Gasteiger partial charge in [-0.05, 0) is 32.4 Å². The van der Waals surface area contributed by atoms with E-state index in [1.54, 1.807) is 0 Å². The molecular weight excluding hydrogens is 238 g/mol. The molecule has 1 saturated heterocycles. The molecule has 1 atom stereocenters. The highest BCUT2D eigenvalue weighted by molar-refractivity contribution is 5.12. The van der Waals surface area contributed by atoms with Crippen molar-refractivity contribution in [1.29, 1.82) is 0 Å². The van der Waals surface area contributed by atoms with Crippen molar-refractivity contribution in [3.8, 4) is 0 Å². The molecule has 1 N–H and O–H groups in total. The second-order valence-electron chi connectivity index (χ2n) is 5.52. The Hall–Kier alpha value is -0.970. The van der Waals surface area contributed by atoms with Gasteiger partial charge in [-0.2, -0.15) is 0 Å². The zero-order valence-electron chi connectivity index (χ0n) is 12.2. The summed E-state index contributed by atoms with van der Waals surface area (Å²) in [7, 11) is 0. The Balaban J connectivity index is 1.72. The van der Waals surface area contributed by atoms with E-state index < -0.39 is 0 Å². The monoisotopic (exact) mass is 263 g/mol. The van der Waals surface area contributed by atoms with Crippen molar-refractivity contribution in [2.24, 2.45) is 0 Å². The van der Waals surface area contributed by atoms with Crippen molar-refractivity contribution < 1.29 is 4.74 Å². The van der Waals surface area contributed by atoms with Crippen molar-refractivity contribution in [2.45, 2.75) is 39.5 Å². The van der Waals surface area contributed by atoms with Crippen molar-refractivity contribution in [3.05, 3.63) is 29.6 Å². The molecule has 4 nitrogen and oxygen atoms in total. The molecule has 1 unspecified atom stereocenters. The second kappa shape index (κ2) is 6.98. The Labute approximate surface area is 116 Å². The Morgan fingerprint density at radius 2 is 2.32 bits per heavy atom. The van der Waals surface area contributed by atoms with Crippen LogP contribution >= 0.6 is 0 Å². The van der Waals surface area contributed by atoms with Gasteiger partial charge in [0, 0.05) is 44.1 Å². The number of nitrogens with one attached hydrogen (secondary N) is 1. The van der Waals surface area contributed by atoms with Gasteiger partial charge in [-0.15, -0.1) is 0 Å².